The zero-order valence-corrected chi connectivity index (χ0v) is 13.5. The summed E-state index contributed by atoms with van der Waals surface area (Å²) in [7, 11) is 0. The average Bonchev–Trinajstić information content (AvgIpc) is 2.39. The lowest BCUT2D eigenvalue weighted by atomic mass is 9.98. The molecule has 0 atom stereocenters. The fraction of sp³-hybridized carbons (Fsp3) is 0.368. The SMILES string of the molecule is CC(C)c1ccccc1F.Cc1cccc(F)c1C(C)C. The Bertz CT molecular complexity index is 551. The van der Waals surface area contributed by atoms with Crippen LogP contribution in [-0.4, -0.2) is 0 Å². The Labute approximate surface area is 126 Å². The molecule has 21 heavy (non-hydrogen) atoms. The van der Waals surface area contributed by atoms with Gasteiger partial charge in [0.2, 0.25) is 0 Å². The number of benzene rings is 2. The third-order valence-electron chi connectivity index (χ3n) is 3.38. The fourth-order valence-electron chi connectivity index (χ4n) is 2.32. The minimum atomic E-state index is -0.0995. The maximum Gasteiger partial charge on any atom is 0.126 e. The molecule has 0 amide bonds. The Morgan fingerprint density at radius 2 is 1.29 bits per heavy atom. The second-order valence-electron chi connectivity index (χ2n) is 5.80. The number of halogens is 2. The molecule has 0 radical (unpaired) electrons. The van der Waals surface area contributed by atoms with Crippen LogP contribution < -0.4 is 0 Å². The minimum Gasteiger partial charge on any atom is -0.207 e. The molecular weight excluding hydrogens is 266 g/mol. The maximum atomic E-state index is 13.1. The smallest absolute Gasteiger partial charge is 0.126 e. The molecule has 0 saturated heterocycles. The standard InChI is InChI=1S/C10H13F.C9H11F/c1-7(2)10-8(3)5-4-6-9(10)11;1-7(2)8-5-3-4-6-9(8)10/h4-7H,1-3H3;3-7H,1-2H3. The third kappa shape index (κ3) is 4.96. The first-order chi connectivity index (χ1) is 9.84. The lowest BCUT2D eigenvalue weighted by molar-refractivity contribution is 0.596. The zero-order valence-electron chi connectivity index (χ0n) is 13.5. The van der Waals surface area contributed by atoms with Gasteiger partial charge in [-0.1, -0.05) is 58.0 Å². The van der Waals surface area contributed by atoms with Gasteiger partial charge in [0.05, 0.1) is 0 Å². The van der Waals surface area contributed by atoms with E-state index in [1.54, 1.807) is 12.1 Å². The normalized spacial score (nSPS) is 10.5. The van der Waals surface area contributed by atoms with Crippen molar-refractivity contribution in [2.24, 2.45) is 0 Å². The largest absolute Gasteiger partial charge is 0.207 e. The molecule has 0 aliphatic carbocycles. The highest BCUT2D eigenvalue weighted by Gasteiger charge is 2.07. The van der Waals surface area contributed by atoms with Crippen molar-refractivity contribution in [1.82, 2.24) is 0 Å². The lowest BCUT2D eigenvalue weighted by Gasteiger charge is -2.09. The summed E-state index contributed by atoms with van der Waals surface area (Å²) in [4.78, 5) is 0. The van der Waals surface area contributed by atoms with Crippen molar-refractivity contribution >= 4 is 0 Å². The molecule has 0 N–H and O–H groups in total. The monoisotopic (exact) mass is 290 g/mol. The van der Waals surface area contributed by atoms with Crippen molar-refractivity contribution in [3.8, 4) is 0 Å². The van der Waals surface area contributed by atoms with Crippen molar-refractivity contribution in [2.75, 3.05) is 0 Å². The van der Waals surface area contributed by atoms with Crippen molar-refractivity contribution in [2.45, 2.75) is 46.5 Å². The average molecular weight is 290 g/mol. The molecule has 0 fully saturated rings. The summed E-state index contributed by atoms with van der Waals surface area (Å²) in [6.45, 7) is 9.92. The van der Waals surface area contributed by atoms with Gasteiger partial charge in [0, 0.05) is 0 Å². The third-order valence-corrected chi connectivity index (χ3v) is 3.38. The molecule has 114 valence electrons. The molecule has 0 aromatic heterocycles. The van der Waals surface area contributed by atoms with E-state index in [-0.39, 0.29) is 23.5 Å². The first kappa shape index (κ1) is 17.4. The molecule has 2 heteroatoms. The number of rotatable bonds is 2. The van der Waals surface area contributed by atoms with Crippen LogP contribution in [0.1, 0.15) is 56.2 Å². The van der Waals surface area contributed by atoms with Gasteiger partial charge in [0.25, 0.3) is 0 Å². The van der Waals surface area contributed by atoms with Crippen LogP contribution in [-0.2, 0) is 0 Å². The maximum absolute atomic E-state index is 13.1. The highest BCUT2D eigenvalue weighted by Crippen LogP contribution is 2.21. The van der Waals surface area contributed by atoms with Gasteiger partial charge in [-0.25, -0.2) is 8.78 Å². The molecule has 0 heterocycles. The van der Waals surface area contributed by atoms with Crippen LogP contribution >= 0.6 is 0 Å². The van der Waals surface area contributed by atoms with Crippen molar-refractivity contribution in [3.63, 3.8) is 0 Å². The predicted molar refractivity (Wildman–Crippen MR) is 85.7 cm³/mol. The lowest BCUT2D eigenvalue weighted by Crippen LogP contribution is -1.95. The van der Waals surface area contributed by atoms with E-state index in [1.807, 2.05) is 52.8 Å². The van der Waals surface area contributed by atoms with Crippen molar-refractivity contribution in [3.05, 3.63) is 70.8 Å². The molecule has 0 aliphatic rings. The summed E-state index contributed by atoms with van der Waals surface area (Å²) in [6.07, 6.45) is 0. The molecule has 0 unspecified atom stereocenters. The van der Waals surface area contributed by atoms with E-state index in [0.717, 1.165) is 16.7 Å². The Morgan fingerprint density at radius 1 is 0.714 bits per heavy atom. The minimum absolute atomic E-state index is 0.0833. The second kappa shape index (κ2) is 7.92. The zero-order chi connectivity index (χ0) is 16.0. The van der Waals surface area contributed by atoms with E-state index in [1.165, 1.54) is 12.1 Å². The van der Waals surface area contributed by atoms with E-state index in [0.29, 0.717) is 0 Å². The molecule has 0 bridgehead atoms. The van der Waals surface area contributed by atoms with E-state index >= 15 is 0 Å². The Morgan fingerprint density at radius 3 is 1.67 bits per heavy atom. The summed E-state index contributed by atoms with van der Waals surface area (Å²) >= 11 is 0. The summed E-state index contributed by atoms with van der Waals surface area (Å²) in [5.41, 5.74) is 2.68. The van der Waals surface area contributed by atoms with Crippen LogP contribution in [0.25, 0.3) is 0 Å². The molecule has 0 spiro atoms. The Kier molecular flexibility index (Phi) is 6.54. The summed E-state index contributed by atoms with van der Waals surface area (Å²) in [5.74, 6) is 0.370. The first-order valence-electron chi connectivity index (χ1n) is 7.34. The fourth-order valence-corrected chi connectivity index (χ4v) is 2.32. The number of aryl methyl sites for hydroxylation is 1. The van der Waals surface area contributed by atoms with Crippen LogP contribution in [0.3, 0.4) is 0 Å². The van der Waals surface area contributed by atoms with Crippen LogP contribution in [0.5, 0.6) is 0 Å². The number of hydrogen-bond acceptors (Lipinski definition) is 0. The topological polar surface area (TPSA) is 0 Å². The van der Waals surface area contributed by atoms with E-state index in [9.17, 15) is 8.78 Å². The van der Waals surface area contributed by atoms with E-state index < -0.39 is 0 Å². The van der Waals surface area contributed by atoms with Crippen LogP contribution in [0, 0.1) is 18.6 Å². The van der Waals surface area contributed by atoms with E-state index in [4.69, 9.17) is 0 Å². The van der Waals surface area contributed by atoms with Gasteiger partial charge in [-0.2, -0.15) is 0 Å². The van der Waals surface area contributed by atoms with Crippen LogP contribution in [0.2, 0.25) is 0 Å². The summed E-state index contributed by atoms with van der Waals surface area (Å²) in [6, 6.07) is 12.1. The van der Waals surface area contributed by atoms with Crippen LogP contribution in [0.15, 0.2) is 42.5 Å². The molecule has 2 aromatic carbocycles. The summed E-state index contributed by atoms with van der Waals surface area (Å²) < 4.78 is 25.9. The Balaban J connectivity index is 0.000000211. The van der Waals surface area contributed by atoms with Gasteiger partial charge < -0.3 is 0 Å². The van der Waals surface area contributed by atoms with E-state index in [2.05, 4.69) is 0 Å². The second-order valence-corrected chi connectivity index (χ2v) is 5.80. The van der Waals surface area contributed by atoms with Gasteiger partial charge in [-0.15, -0.1) is 0 Å². The molecular formula is C19H24F2. The first-order valence-corrected chi connectivity index (χ1v) is 7.34. The summed E-state index contributed by atoms with van der Waals surface area (Å²) in [5, 5.41) is 0. The van der Waals surface area contributed by atoms with Crippen molar-refractivity contribution in [1.29, 1.82) is 0 Å². The predicted octanol–water partition coefficient (Wildman–Crippen LogP) is 6.21. The quantitative estimate of drug-likeness (QED) is 0.617. The molecule has 0 saturated carbocycles. The van der Waals surface area contributed by atoms with Crippen LogP contribution in [0.4, 0.5) is 8.78 Å². The number of hydrogen-bond donors (Lipinski definition) is 0. The molecule has 0 aliphatic heterocycles. The highest BCUT2D eigenvalue weighted by molar-refractivity contribution is 5.29. The van der Waals surface area contributed by atoms with Gasteiger partial charge >= 0.3 is 0 Å². The van der Waals surface area contributed by atoms with Crippen molar-refractivity contribution < 1.29 is 8.78 Å². The molecule has 2 rings (SSSR count). The Hall–Kier alpha value is -1.70. The molecule has 0 nitrogen and oxygen atoms in total. The highest BCUT2D eigenvalue weighted by atomic mass is 19.1. The van der Waals surface area contributed by atoms with Gasteiger partial charge in [-0.3, -0.25) is 0 Å². The molecule has 2 aromatic rings. The van der Waals surface area contributed by atoms with Gasteiger partial charge in [0.15, 0.2) is 0 Å². The van der Waals surface area contributed by atoms with Gasteiger partial charge in [0.1, 0.15) is 11.6 Å². The van der Waals surface area contributed by atoms with Gasteiger partial charge in [-0.05, 0) is 47.6 Å².